The molecule has 0 aromatic carbocycles. The quantitative estimate of drug-likeness (QED) is 0.567. The van der Waals surface area contributed by atoms with E-state index < -0.39 is 0 Å². The molecule has 4 heterocycles. The van der Waals surface area contributed by atoms with Crippen LogP contribution in [0.5, 0.6) is 0 Å². The molecule has 0 atom stereocenters. The summed E-state index contributed by atoms with van der Waals surface area (Å²) in [5.41, 5.74) is 4.99. The van der Waals surface area contributed by atoms with Gasteiger partial charge in [0.05, 0.1) is 34.2 Å². The molecule has 0 saturated carbocycles. The Balaban J connectivity index is 1.75. The standard InChI is InChI=1S/C20H14N4/c1-3-13-21-15(7-1)17-9-5-11-19(23-17)20-12-6-10-18(24-20)16-8-2-4-14-22-16/h1-14H. The van der Waals surface area contributed by atoms with Gasteiger partial charge >= 0.3 is 0 Å². The van der Waals surface area contributed by atoms with Crippen molar-refractivity contribution in [3.05, 3.63) is 85.2 Å². The monoisotopic (exact) mass is 310 g/mol. The maximum atomic E-state index is 4.70. The minimum Gasteiger partial charge on any atom is -0.255 e. The number of rotatable bonds is 3. The molecule has 0 N–H and O–H groups in total. The van der Waals surface area contributed by atoms with Gasteiger partial charge in [0.1, 0.15) is 0 Å². The van der Waals surface area contributed by atoms with Crippen LogP contribution >= 0.6 is 0 Å². The van der Waals surface area contributed by atoms with Gasteiger partial charge in [0.15, 0.2) is 0 Å². The summed E-state index contributed by atoms with van der Waals surface area (Å²) < 4.78 is 0. The first-order chi connectivity index (χ1) is 11.9. The van der Waals surface area contributed by atoms with Crippen LogP contribution in [0.1, 0.15) is 0 Å². The van der Waals surface area contributed by atoms with E-state index in [1.54, 1.807) is 12.4 Å². The van der Waals surface area contributed by atoms with Crippen LogP contribution in [0, 0.1) is 0 Å². The second kappa shape index (κ2) is 6.38. The molecule has 4 rings (SSSR count). The van der Waals surface area contributed by atoms with Crippen molar-refractivity contribution in [2.45, 2.75) is 0 Å². The van der Waals surface area contributed by atoms with Crippen molar-refractivity contribution >= 4 is 0 Å². The van der Waals surface area contributed by atoms with Crippen LogP contribution in [0.2, 0.25) is 0 Å². The van der Waals surface area contributed by atoms with Crippen LogP contribution < -0.4 is 0 Å². The zero-order valence-corrected chi connectivity index (χ0v) is 12.9. The summed E-state index contributed by atoms with van der Waals surface area (Å²) in [6.45, 7) is 0. The van der Waals surface area contributed by atoms with Crippen molar-refractivity contribution in [3.8, 4) is 34.2 Å². The maximum Gasteiger partial charge on any atom is 0.0894 e. The minimum absolute atomic E-state index is 0.816. The lowest BCUT2D eigenvalue weighted by Gasteiger charge is -2.06. The third kappa shape index (κ3) is 2.90. The third-order valence-electron chi connectivity index (χ3n) is 3.62. The van der Waals surface area contributed by atoms with Crippen LogP contribution in [0.4, 0.5) is 0 Å². The molecule has 0 unspecified atom stereocenters. The summed E-state index contributed by atoms with van der Waals surface area (Å²) in [7, 11) is 0. The molecule has 0 aliphatic rings. The van der Waals surface area contributed by atoms with E-state index in [1.807, 2.05) is 72.8 Å². The van der Waals surface area contributed by atoms with E-state index in [2.05, 4.69) is 9.97 Å². The Bertz CT molecular complexity index is 872. The van der Waals surface area contributed by atoms with E-state index in [4.69, 9.17) is 9.97 Å². The van der Waals surface area contributed by atoms with Crippen molar-refractivity contribution in [2.75, 3.05) is 0 Å². The van der Waals surface area contributed by atoms with Gasteiger partial charge in [0, 0.05) is 12.4 Å². The van der Waals surface area contributed by atoms with Crippen LogP contribution in [-0.4, -0.2) is 19.9 Å². The summed E-state index contributed by atoms with van der Waals surface area (Å²) in [5, 5.41) is 0. The van der Waals surface area contributed by atoms with Gasteiger partial charge in [-0.15, -0.1) is 0 Å². The van der Waals surface area contributed by atoms with Gasteiger partial charge in [0.25, 0.3) is 0 Å². The van der Waals surface area contributed by atoms with Gasteiger partial charge in [-0.1, -0.05) is 24.3 Å². The molecule has 0 radical (unpaired) electrons. The van der Waals surface area contributed by atoms with E-state index in [1.165, 1.54) is 0 Å². The maximum absolute atomic E-state index is 4.70. The average molecular weight is 310 g/mol. The molecule has 4 heteroatoms. The second-order valence-electron chi connectivity index (χ2n) is 5.25. The Labute approximate surface area is 139 Å². The molecule has 114 valence electrons. The number of aromatic nitrogens is 4. The summed E-state index contributed by atoms with van der Waals surface area (Å²) in [5.74, 6) is 0. The topological polar surface area (TPSA) is 51.6 Å². The summed E-state index contributed by atoms with van der Waals surface area (Å²) in [6.07, 6.45) is 3.53. The van der Waals surface area contributed by atoms with Crippen molar-refractivity contribution in [1.82, 2.24) is 19.9 Å². The van der Waals surface area contributed by atoms with Gasteiger partial charge < -0.3 is 0 Å². The molecule has 24 heavy (non-hydrogen) atoms. The molecule has 4 aromatic rings. The van der Waals surface area contributed by atoms with Gasteiger partial charge in [0.2, 0.25) is 0 Å². The first-order valence-electron chi connectivity index (χ1n) is 7.67. The van der Waals surface area contributed by atoms with E-state index in [0.717, 1.165) is 34.2 Å². The lowest BCUT2D eigenvalue weighted by atomic mass is 10.1. The molecule has 0 spiro atoms. The van der Waals surface area contributed by atoms with E-state index in [0.29, 0.717) is 0 Å². The Hall–Kier alpha value is -3.40. The van der Waals surface area contributed by atoms with Crippen LogP contribution in [0.3, 0.4) is 0 Å². The number of hydrogen-bond donors (Lipinski definition) is 0. The zero-order chi connectivity index (χ0) is 16.2. The molecule has 0 saturated heterocycles. The number of pyridine rings is 4. The van der Waals surface area contributed by atoms with Crippen LogP contribution in [0.25, 0.3) is 34.2 Å². The Kier molecular flexibility index (Phi) is 3.78. The van der Waals surface area contributed by atoms with E-state index >= 15 is 0 Å². The first-order valence-corrected chi connectivity index (χ1v) is 7.67. The molecule has 0 bridgehead atoms. The summed E-state index contributed by atoms with van der Waals surface area (Å²) in [4.78, 5) is 18.1. The van der Waals surface area contributed by atoms with Gasteiger partial charge in [-0.3, -0.25) is 9.97 Å². The normalized spacial score (nSPS) is 10.5. The fourth-order valence-electron chi connectivity index (χ4n) is 2.47. The molecular formula is C20H14N4. The molecular weight excluding hydrogens is 296 g/mol. The highest BCUT2D eigenvalue weighted by Gasteiger charge is 2.07. The van der Waals surface area contributed by atoms with Crippen molar-refractivity contribution in [3.63, 3.8) is 0 Å². The van der Waals surface area contributed by atoms with Crippen molar-refractivity contribution in [2.24, 2.45) is 0 Å². The average Bonchev–Trinajstić information content (AvgIpc) is 2.70. The zero-order valence-electron chi connectivity index (χ0n) is 12.9. The second-order valence-corrected chi connectivity index (χ2v) is 5.25. The molecule has 0 aliphatic carbocycles. The fourth-order valence-corrected chi connectivity index (χ4v) is 2.47. The van der Waals surface area contributed by atoms with E-state index in [9.17, 15) is 0 Å². The molecule has 0 fully saturated rings. The number of nitrogens with zero attached hydrogens (tertiary/aromatic N) is 4. The van der Waals surface area contributed by atoms with Crippen LogP contribution in [0.15, 0.2) is 85.2 Å². The predicted octanol–water partition coefficient (Wildman–Crippen LogP) is 4.27. The molecule has 0 aliphatic heterocycles. The first kappa shape index (κ1) is 14.2. The largest absolute Gasteiger partial charge is 0.255 e. The SMILES string of the molecule is c1ccc(-c2cccc(-c3cccc(-c4ccccn4)n3)n2)nc1. The highest BCUT2D eigenvalue weighted by Crippen LogP contribution is 2.22. The summed E-state index contributed by atoms with van der Waals surface area (Å²) >= 11 is 0. The fraction of sp³-hybridized carbons (Fsp3) is 0. The lowest BCUT2D eigenvalue weighted by Crippen LogP contribution is -1.93. The highest BCUT2D eigenvalue weighted by molar-refractivity contribution is 5.64. The predicted molar refractivity (Wildman–Crippen MR) is 93.9 cm³/mol. The van der Waals surface area contributed by atoms with Gasteiger partial charge in [-0.2, -0.15) is 0 Å². The third-order valence-corrected chi connectivity index (χ3v) is 3.62. The highest BCUT2D eigenvalue weighted by atomic mass is 14.8. The molecule has 0 amide bonds. The lowest BCUT2D eigenvalue weighted by molar-refractivity contribution is 1.20. The molecule has 4 aromatic heterocycles. The smallest absolute Gasteiger partial charge is 0.0894 e. The van der Waals surface area contributed by atoms with Crippen molar-refractivity contribution in [1.29, 1.82) is 0 Å². The minimum atomic E-state index is 0.816. The summed E-state index contributed by atoms with van der Waals surface area (Å²) in [6, 6.07) is 23.4. The van der Waals surface area contributed by atoms with Crippen molar-refractivity contribution < 1.29 is 0 Å². The van der Waals surface area contributed by atoms with Gasteiger partial charge in [-0.25, -0.2) is 9.97 Å². The van der Waals surface area contributed by atoms with Crippen LogP contribution in [-0.2, 0) is 0 Å². The Morgan fingerprint density at radius 1 is 0.375 bits per heavy atom. The van der Waals surface area contributed by atoms with E-state index in [-0.39, 0.29) is 0 Å². The Morgan fingerprint density at radius 3 is 1.12 bits per heavy atom. The number of hydrogen-bond acceptors (Lipinski definition) is 4. The van der Waals surface area contributed by atoms with Gasteiger partial charge in [-0.05, 0) is 48.5 Å². The molecule has 4 nitrogen and oxygen atoms in total. The Morgan fingerprint density at radius 2 is 0.750 bits per heavy atom.